The molecule has 1 aromatic carbocycles. The van der Waals surface area contributed by atoms with Gasteiger partial charge in [0, 0.05) is 16.9 Å². The van der Waals surface area contributed by atoms with Crippen LogP contribution < -0.4 is 10.5 Å². The van der Waals surface area contributed by atoms with E-state index >= 15 is 0 Å². The minimum Gasteiger partial charge on any atom is -0.467 e. The Morgan fingerprint density at radius 1 is 1.47 bits per heavy atom. The monoisotopic (exact) mass is 282 g/mol. The van der Waals surface area contributed by atoms with Crippen molar-refractivity contribution in [3.05, 3.63) is 29.1 Å². The van der Waals surface area contributed by atoms with Crippen LogP contribution in [0.4, 0.5) is 10.3 Å². The average Bonchev–Trinajstić information content (AvgIpc) is 2.81. The van der Waals surface area contributed by atoms with Crippen LogP contribution in [0.15, 0.2) is 17.3 Å². The molecule has 0 aliphatic carbocycles. The molecule has 2 aromatic rings. The third-order valence-electron chi connectivity index (χ3n) is 2.59. The third-order valence-corrected chi connectivity index (χ3v) is 3.49. The maximum atomic E-state index is 13.5. The number of rotatable bonds is 3. The van der Waals surface area contributed by atoms with E-state index in [9.17, 15) is 4.39 Å². The maximum Gasteiger partial charge on any atom is 0.216 e. The largest absolute Gasteiger partial charge is 0.467 e. The number of nitrogens with zero attached hydrogens (tertiary/aromatic N) is 2. The Hall–Kier alpha value is -1.80. The number of hydrogen-bond acceptors (Lipinski definition) is 6. The Labute approximate surface area is 112 Å². The van der Waals surface area contributed by atoms with Gasteiger partial charge in [-0.3, -0.25) is 0 Å². The van der Waals surface area contributed by atoms with Gasteiger partial charge in [-0.2, -0.15) is 4.98 Å². The minimum atomic E-state index is -0.307. The van der Waals surface area contributed by atoms with E-state index in [0.29, 0.717) is 23.3 Å². The van der Waals surface area contributed by atoms with Crippen LogP contribution in [-0.2, 0) is 17.1 Å². The van der Waals surface area contributed by atoms with E-state index in [1.165, 1.54) is 23.9 Å². The highest BCUT2D eigenvalue weighted by Crippen LogP contribution is 2.33. The first-order chi connectivity index (χ1) is 9.22. The van der Waals surface area contributed by atoms with E-state index in [0.717, 1.165) is 11.1 Å². The van der Waals surface area contributed by atoms with Crippen LogP contribution in [0.3, 0.4) is 0 Å². The summed E-state index contributed by atoms with van der Waals surface area (Å²) in [6, 6.07) is 2.88. The lowest BCUT2D eigenvalue weighted by molar-refractivity contribution is -0.0171. The van der Waals surface area contributed by atoms with Crippen LogP contribution in [0, 0.1) is 5.82 Å². The molecule has 0 bridgehead atoms. The number of aromatic amines is 1. The third kappa shape index (κ3) is 2.64. The van der Waals surface area contributed by atoms with Crippen molar-refractivity contribution in [2.75, 3.05) is 12.5 Å². The number of anilines is 1. The zero-order valence-electron chi connectivity index (χ0n) is 9.85. The highest BCUT2D eigenvalue weighted by atomic mass is 32.2. The fourth-order valence-electron chi connectivity index (χ4n) is 1.83. The van der Waals surface area contributed by atoms with Gasteiger partial charge in [-0.25, -0.2) is 9.49 Å². The first kappa shape index (κ1) is 12.2. The van der Waals surface area contributed by atoms with Gasteiger partial charge in [0.1, 0.15) is 11.6 Å². The number of nitrogen functional groups attached to an aromatic ring is 1. The van der Waals surface area contributed by atoms with Crippen molar-refractivity contribution in [2.45, 2.75) is 17.5 Å². The molecule has 6 nitrogen and oxygen atoms in total. The summed E-state index contributed by atoms with van der Waals surface area (Å²) in [6.07, 6.45) is 0. The molecule has 3 rings (SSSR count). The van der Waals surface area contributed by atoms with E-state index < -0.39 is 0 Å². The molecule has 0 atom stereocenters. The molecule has 0 amide bonds. The van der Waals surface area contributed by atoms with Crippen molar-refractivity contribution in [2.24, 2.45) is 0 Å². The van der Waals surface area contributed by atoms with Crippen molar-refractivity contribution in [3.63, 3.8) is 0 Å². The number of H-pyrrole nitrogens is 1. The second-order valence-electron chi connectivity index (χ2n) is 3.96. The molecule has 1 aliphatic heterocycles. The first-order valence-electron chi connectivity index (χ1n) is 5.55. The Balaban J connectivity index is 1.82. The van der Waals surface area contributed by atoms with Crippen molar-refractivity contribution < 1.29 is 13.9 Å². The Morgan fingerprint density at radius 2 is 2.37 bits per heavy atom. The summed E-state index contributed by atoms with van der Waals surface area (Å²) in [6.45, 7) is 0.544. The van der Waals surface area contributed by atoms with E-state index in [1.807, 2.05) is 0 Å². The Bertz CT molecular complexity index is 604. The van der Waals surface area contributed by atoms with Gasteiger partial charge in [0.2, 0.25) is 11.1 Å². The highest BCUT2D eigenvalue weighted by molar-refractivity contribution is 7.98. The van der Waals surface area contributed by atoms with E-state index in [1.54, 1.807) is 0 Å². The summed E-state index contributed by atoms with van der Waals surface area (Å²) in [7, 11) is 0. The Morgan fingerprint density at radius 3 is 3.16 bits per heavy atom. The second kappa shape index (κ2) is 5.06. The predicted octanol–water partition coefficient (Wildman–Crippen LogP) is 1.68. The topological polar surface area (TPSA) is 86.1 Å². The molecule has 19 heavy (non-hydrogen) atoms. The molecule has 0 unspecified atom stereocenters. The number of ether oxygens (including phenoxy) is 2. The van der Waals surface area contributed by atoms with Gasteiger partial charge in [0.05, 0.1) is 6.61 Å². The SMILES string of the molecule is Nc1nc(SCc2cc(F)cc3c2OCOC3)n[nH]1. The second-order valence-corrected chi connectivity index (χ2v) is 4.90. The van der Waals surface area contributed by atoms with Crippen molar-refractivity contribution in [1.29, 1.82) is 0 Å². The van der Waals surface area contributed by atoms with Gasteiger partial charge in [-0.15, -0.1) is 5.10 Å². The van der Waals surface area contributed by atoms with Crippen molar-refractivity contribution in [3.8, 4) is 5.75 Å². The van der Waals surface area contributed by atoms with Crippen LogP contribution in [0.2, 0.25) is 0 Å². The molecule has 0 radical (unpaired) electrons. The molecule has 0 saturated heterocycles. The van der Waals surface area contributed by atoms with Crippen LogP contribution in [0.5, 0.6) is 5.75 Å². The standard InChI is InChI=1S/C11H11FN4O2S/c12-8-1-6-3-17-5-18-9(6)7(2-8)4-19-11-14-10(13)15-16-11/h1-2H,3-5H2,(H3,13,14,15,16). The molecular formula is C11H11FN4O2S. The fourth-order valence-corrected chi connectivity index (χ4v) is 2.60. The number of aromatic nitrogens is 3. The molecule has 0 spiro atoms. The molecule has 2 heterocycles. The smallest absolute Gasteiger partial charge is 0.216 e. The molecule has 1 aliphatic rings. The normalized spacial score (nSPS) is 13.9. The van der Waals surface area contributed by atoms with Gasteiger partial charge >= 0.3 is 0 Å². The number of thioether (sulfide) groups is 1. The summed E-state index contributed by atoms with van der Waals surface area (Å²) in [5.41, 5.74) is 6.91. The van der Waals surface area contributed by atoms with Gasteiger partial charge in [0.25, 0.3) is 0 Å². The zero-order valence-corrected chi connectivity index (χ0v) is 10.7. The number of benzene rings is 1. The lowest BCUT2D eigenvalue weighted by atomic mass is 10.1. The summed E-state index contributed by atoms with van der Waals surface area (Å²) >= 11 is 1.35. The summed E-state index contributed by atoms with van der Waals surface area (Å²) in [4.78, 5) is 3.98. The molecule has 3 N–H and O–H groups in total. The van der Waals surface area contributed by atoms with E-state index in [2.05, 4.69) is 15.2 Å². The van der Waals surface area contributed by atoms with Gasteiger partial charge in [-0.05, 0) is 12.1 Å². The van der Waals surface area contributed by atoms with Crippen molar-refractivity contribution in [1.82, 2.24) is 15.2 Å². The lowest BCUT2D eigenvalue weighted by Gasteiger charge is -2.20. The van der Waals surface area contributed by atoms with Gasteiger partial charge in [0.15, 0.2) is 6.79 Å². The van der Waals surface area contributed by atoms with E-state index in [-0.39, 0.29) is 18.6 Å². The van der Waals surface area contributed by atoms with Crippen LogP contribution in [-0.4, -0.2) is 22.0 Å². The Kier molecular flexibility index (Phi) is 3.26. The summed E-state index contributed by atoms with van der Waals surface area (Å²) in [5.74, 6) is 1.13. The molecule has 0 saturated carbocycles. The number of nitrogens with one attached hydrogen (secondary N) is 1. The summed E-state index contributed by atoms with van der Waals surface area (Å²) in [5, 5.41) is 6.97. The highest BCUT2D eigenvalue weighted by Gasteiger charge is 2.17. The van der Waals surface area contributed by atoms with Gasteiger partial charge < -0.3 is 15.2 Å². The number of hydrogen-bond donors (Lipinski definition) is 2. The van der Waals surface area contributed by atoms with Crippen LogP contribution in [0.1, 0.15) is 11.1 Å². The average molecular weight is 282 g/mol. The lowest BCUT2D eigenvalue weighted by Crippen LogP contribution is -2.13. The minimum absolute atomic E-state index is 0.184. The number of nitrogens with two attached hydrogens (primary N) is 1. The number of fused-ring (bicyclic) bond motifs is 1. The molecule has 0 fully saturated rings. The quantitative estimate of drug-likeness (QED) is 0.833. The maximum absolute atomic E-state index is 13.5. The number of halogens is 1. The first-order valence-corrected chi connectivity index (χ1v) is 6.53. The fraction of sp³-hybridized carbons (Fsp3) is 0.273. The van der Waals surface area contributed by atoms with E-state index in [4.69, 9.17) is 15.2 Å². The molecule has 8 heteroatoms. The van der Waals surface area contributed by atoms with Crippen LogP contribution in [0.25, 0.3) is 0 Å². The summed E-state index contributed by atoms with van der Waals surface area (Å²) < 4.78 is 24.1. The van der Waals surface area contributed by atoms with Crippen molar-refractivity contribution >= 4 is 17.7 Å². The predicted molar refractivity (Wildman–Crippen MR) is 67.0 cm³/mol. The molecule has 100 valence electrons. The van der Waals surface area contributed by atoms with Gasteiger partial charge in [-0.1, -0.05) is 11.8 Å². The zero-order chi connectivity index (χ0) is 13.2. The molecular weight excluding hydrogens is 271 g/mol. The van der Waals surface area contributed by atoms with Crippen LogP contribution >= 0.6 is 11.8 Å². The molecule has 1 aromatic heterocycles.